The number of thioether (sulfide) groups is 1. The van der Waals surface area contributed by atoms with Crippen molar-refractivity contribution in [3.8, 4) is 0 Å². The van der Waals surface area contributed by atoms with Gasteiger partial charge in [0, 0.05) is 5.75 Å². The fourth-order valence-corrected chi connectivity index (χ4v) is 3.91. The van der Waals surface area contributed by atoms with Gasteiger partial charge in [-0.15, -0.1) is 11.8 Å². The van der Waals surface area contributed by atoms with E-state index in [0.717, 1.165) is 0 Å². The van der Waals surface area contributed by atoms with Crippen LogP contribution in [0.2, 0.25) is 0 Å². The molecule has 3 unspecified atom stereocenters. The summed E-state index contributed by atoms with van der Waals surface area (Å²) in [7, 11) is 1.27. The number of halogens is 3. The molecule has 0 aliphatic rings. The van der Waals surface area contributed by atoms with Crippen molar-refractivity contribution in [3.05, 3.63) is 0 Å². The van der Waals surface area contributed by atoms with Gasteiger partial charge in [-0.3, -0.25) is 19.2 Å². The molecule has 210 valence electrons. The lowest BCUT2D eigenvalue weighted by atomic mass is 9.72. The lowest BCUT2D eigenvalue weighted by Crippen LogP contribution is -2.39. The number of hydrogen-bond acceptors (Lipinski definition) is 10. The molecule has 13 heteroatoms. The van der Waals surface area contributed by atoms with Gasteiger partial charge in [0.25, 0.3) is 0 Å². The number of aliphatic hydroxyl groups excluding tert-OH is 1. The predicted octanol–water partition coefficient (Wildman–Crippen LogP) is 3.30. The summed E-state index contributed by atoms with van der Waals surface area (Å²) in [5, 5.41) is 9.97. The second-order valence-corrected chi connectivity index (χ2v) is 10.4. The first kappa shape index (κ1) is 34.0. The van der Waals surface area contributed by atoms with Crippen molar-refractivity contribution in [1.82, 2.24) is 0 Å². The van der Waals surface area contributed by atoms with Crippen LogP contribution in [0.1, 0.15) is 53.9 Å². The van der Waals surface area contributed by atoms with Gasteiger partial charge in [-0.2, -0.15) is 13.2 Å². The van der Waals surface area contributed by atoms with Gasteiger partial charge in [0.2, 0.25) is 0 Å². The van der Waals surface area contributed by atoms with Crippen LogP contribution in [0, 0.1) is 16.7 Å². The first-order valence-electron chi connectivity index (χ1n) is 11.4. The number of hydrogen-bond donors (Lipinski definition) is 1. The molecule has 0 rings (SSSR count). The Bertz CT molecular complexity index is 743. The quantitative estimate of drug-likeness (QED) is 0.228. The molecule has 0 fully saturated rings. The molecule has 0 aromatic heterocycles. The van der Waals surface area contributed by atoms with E-state index in [1.54, 1.807) is 13.8 Å². The number of aliphatic hydroxyl groups is 1. The van der Waals surface area contributed by atoms with Crippen molar-refractivity contribution in [1.29, 1.82) is 0 Å². The van der Waals surface area contributed by atoms with Crippen LogP contribution in [0.5, 0.6) is 0 Å². The zero-order valence-electron chi connectivity index (χ0n) is 21.6. The van der Waals surface area contributed by atoms with Gasteiger partial charge in [0.15, 0.2) is 0 Å². The fourth-order valence-electron chi connectivity index (χ4n) is 3.06. The van der Waals surface area contributed by atoms with E-state index >= 15 is 0 Å². The lowest BCUT2D eigenvalue weighted by Gasteiger charge is -2.33. The van der Waals surface area contributed by atoms with E-state index in [9.17, 15) is 37.5 Å². The summed E-state index contributed by atoms with van der Waals surface area (Å²) < 4.78 is 56.4. The number of alkyl halides is 3. The zero-order chi connectivity index (χ0) is 28.2. The second-order valence-electron chi connectivity index (χ2n) is 9.35. The lowest BCUT2D eigenvalue weighted by molar-refractivity contribution is -0.171. The number of ether oxygens (including phenoxy) is 4. The van der Waals surface area contributed by atoms with Crippen LogP contribution in [0.15, 0.2) is 0 Å². The van der Waals surface area contributed by atoms with E-state index in [0.29, 0.717) is 5.75 Å². The molecule has 36 heavy (non-hydrogen) atoms. The van der Waals surface area contributed by atoms with Crippen LogP contribution in [0.3, 0.4) is 0 Å². The number of methoxy groups -OCH3 is 1. The van der Waals surface area contributed by atoms with E-state index in [4.69, 9.17) is 14.2 Å². The Kier molecular flexibility index (Phi) is 14.4. The van der Waals surface area contributed by atoms with Crippen LogP contribution in [-0.4, -0.2) is 79.7 Å². The van der Waals surface area contributed by atoms with Crippen LogP contribution in [-0.2, 0) is 38.1 Å². The summed E-state index contributed by atoms with van der Waals surface area (Å²) in [4.78, 5) is 48.1. The average Bonchev–Trinajstić information content (AvgIpc) is 2.78. The molecular weight excluding hydrogens is 509 g/mol. The van der Waals surface area contributed by atoms with Crippen molar-refractivity contribution in [3.63, 3.8) is 0 Å². The maximum atomic E-state index is 12.6. The van der Waals surface area contributed by atoms with E-state index in [1.807, 2.05) is 0 Å². The molecule has 0 aliphatic heterocycles. The Labute approximate surface area is 213 Å². The summed E-state index contributed by atoms with van der Waals surface area (Å²) in [6.45, 7) is 6.12. The SMILES string of the molecule is CCC(C)(CC(C)(C)C(=O)OCC(O)COC(=O)CSCC(C)C(=O)OC)C(=O)OCCC(F)(F)F. The molecule has 0 aromatic rings. The van der Waals surface area contributed by atoms with Crippen molar-refractivity contribution >= 4 is 35.6 Å². The number of rotatable bonds is 16. The summed E-state index contributed by atoms with van der Waals surface area (Å²) >= 11 is 1.17. The Morgan fingerprint density at radius 3 is 2.08 bits per heavy atom. The summed E-state index contributed by atoms with van der Waals surface area (Å²) in [6, 6.07) is 0. The van der Waals surface area contributed by atoms with E-state index in [2.05, 4.69) is 4.74 Å². The largest absolute Gasteiger partial charge is 0.469 e. The van der Waals surface area contributed by atoms with Crippen LogP contribution in [0.25, 0.3) is 0 Å². The highest BCUT2D eigenvalue weighted by molar-refractivity contribution is 7.99. The van der Waals surface area contributed by atoms with Gasteiger partial charge < -0.3 is 24.1 Å². The molecule has 0 saturated heterocycles. The van der Waals surface area contributed by atoms with Crippen molar-refractivity contribution in [2.75, 3.05) is 38.4 Å². The number of carbonyl (C=O) groups excluding carboxylic acids is 4. The standard InChI is InChI=1S/C23H37F3O9S/c1-7-22(5,20(31)33-9-8-23(24,25)26)14-21(3,4)19(30)35-11-16(27)10-34-17(28)13-36-12-15(2)18(29)32-6/h15-16,27H,7-14H2,1-6H3. The minimum atomic E-state index is -4.46. The minimum absolute atomic E-state index is 0.0461. The third-order valence-corrected chi connectivity index (χ3v) is 6.49. The molecule has 0 spiro atoms. The summed E-state index contributed by atoms with van der Waals surface area (Å²) in [6.07, 6.45) is -6.87. The Balaban J connectivity index is 4.57. The highest BCUT2D eigenvalue weighted by Crippen LogP contribution is 2.38. The van der Waals surface area contributed by atoms with Gasteiger partial charge in [0.05, 0.1) is 42.6 Å². The average molecular weight is 547 g/mol. The topological polar surface area (TPSA) is 125 Å². The van der Waals surface area contributed by atoms with E-state index in [-0.39, 0.29) is 18.6 Å². The first-order chi connectivity index (χ1) is 16.5. The molecule has 0 heterocycles. The molecule has 0 bridgehead atoms. The molecule has 3 atom stereocenters. The summed E-state index contributed by atoms with van der Waals surface area (Å²) in [5.74, 6) is -2.69. The number of esters is 4. The van der Waals surface area contributed by atoms with Gasteiger partial charge in [-0.05, 0) is 33.6 Å². The maximum absolute atomic E-state index is 12.6. The van der Waals surface area contributed by atoms with Gasteiger partial charge in [-0.25, -0.2) is 0 Å². The number of carbonyl (C=O) groups is 4. The molecule has 1 N–H and O–H groups in total. The molecule has 0 amide bonds. The normalized spacial score (nSPS) is 15.3. The highest BCUT2D eigenvalue weighted by Gasteiger charge is 2.43. The van der Waals surface area contributed by atoms with Gasteiger partial charge >= 0.3 is 30.1 Å². The van der Waals surface area contributed by atoms with Crippen LogP contribution < -0.4 is 0 Å². The zero-order valence-corrected chi connectivity index (χ0v) is 22.4. The predicted molar refractivity (Wildman–Crippen MR) is 125 cm³/mol. The van der Waals surface area contributed by atoms with Crippen LogP contribution >= 0.6 is 11.8 Å². The van der Waals surface area contributed by atoms with Crippen molar-refractivity contribution in [2.45, 2.75) is 66.2 Å². The van der Waals surface area contributed by atoms with Crippen LogP contribution in [0.4, 0.5) is 13.2 Å². The van der Waals surface area contributed by atoms with Gasteiger partial charge in [0.1, 0.15) is 19.3 Å². The third-order valence-electron chi connectivity index (χ3n) is 5.31. The summed E-state index contributed by atoms with van der Waals surface area (Å²) in [5.41, 5.74) is -2.46. The smallest absolute Gasteiger partial charge is 0.392 e. The second kappa shape index (κ2) is 15.3. The van der Waals surface area contributed by atoms with E-state index in [1.165, 1.54) is 39.6 Å². The van der Waals surface area contributed by atoms with Crippen molar-refractivity contribution in [2.24, 2.45) is 16.7 Å². The molecule has 0 saturated carbocycles. The maximum Gasteiger partial charge on any atom is 0.392 e. The minimum Gasteiger partial charge on any atom is -0.469 e. The van der Waals surface area contributed by atoms with Gasteiger partial charge in [-0.1, -0.05) is 13.8 Å². The molecule has 0 aromatic carbocycles. The fraction of sp³-hybridized carbons (Fsp3) is 0.826. The Morgan fingerprint density at radius 2 is 1.56 bits per heavy atom. The molecular formula is C23H37F3O9S. The monoisotopic (exact) mass is 546 g/mol. The Hall–Kier alpha value is -2.02. The molecule has 0 aliphatic carbocycles. The highest BCUT2D eigenvalue weighted by atomic mass is 32.2. The van der Waals surface area contributed by atoms with E-state index < -0.39 is 79.1 Å². The third kappa shape index (κ3) is 13.3. The Morgan fingerprint density at radius 1 is 0.972 bits per heavy atom. The molecule has 9 nitrogen and oxygen atoms in total. The van der Waals surface area contributed by atoms with Crippen molar-refractivity contribution < 1.29 is 56.4 Å². The first-order valence-corrected chi connectivity index (χ1v) is 12.5. The molecule has 0 radical (unpaired) electrons.